The molecule has 0 aliphatic carbocycles. The fraction of sp³-hybridized carbons (Fsp3) is 0.400. The number of anilines is 1. The highest BCUT2D eigenvalue weighted by atomic mass is 32.1. The molecule has 1 aromatic heterocycles. The molecule has 1 aromatic rings. The normalized spacial score (nSPS) is 16.4. The first kappa shape index (κ1) is 12.3. The van der Waals surface area contributed by atoms with E-state index in [-0.39, 0.29) is 5.11 Å². The van der Waals surface area contributed by atoms with Gasteiger partial charge in [0.05, 0.1) is 24.4 Å². The van der Waals surface area contributed by atoms with Crippen LogP contribution in [0.4, 0.5) is 5.00 Å². The lowest BCUT2D eigenvalue weighted by Gasteiger charge is -2.27. The number of thiocarbonyl (C=S) groups is 1. The molecule has 7 heteroatoms. The smallest absolute Gasteiger partial charge is 0.184 e. The van der Waals surface area contributed by atoms with Crippen molar-refractivity contribution in [2.45, 2.75) is 0 Å². The Morgan fingerprint density at radius 1 is 1.53 bits per heavy atom. The summed E-state index contributed by atoms with van der Waals surface area (Å²) in [6, 6.07) is 4.12. The molecule has 92 valence electrons. The van der Waals surface area contributed by atoms with Crippen molar-refractivity contribution in [2.24, 2.45) is 10.8 Å². The molecule has 0 atom stereocenters. The predicted octanol–water partition coefficient (Wildman–Crippen LogP) is 0.752. The second kappa shape index (κ2) is 5.95. The van der Waals surface area contributed by atoms with E-state index in [9.17, 15) is 0 Å². The Hall–Kier alpha value is -1.18. The predicted molar refractivity (Wildman–Crippen MR) is 74.9 cm³/mol. The Balaban J connectivity index is 1.95. The molecule has 0 radical (unpaired) electrons. The van der Waals surface area contributed by atoms with Crippen LogP contribution in [0, 0.1) is 0 Å². The molecule has 1 saturated heterocycles. The van der Waals surface area contributed by atoms with Gasteiger partial charge in [-0.3, -0.25) is 5.43 Å². The first-order chi connectivity index (χ1) is 8.25. The third kappa shape index (κ3) is 3.65. The van der Waals surface area contributed by atoms with E-state index < -0.39 is 0 Å². The maximum atomic E-state index is 5.32. The lowest BCUT2D eigenvalue weighted by Crippen LogP contribution is -2.35. The third-order valence-corrected chi connectivity index (χ3v) is 3.47. The van der Waals surface area contributed by atoms with Crippen molar-refractivity contribution in [3.05, 3.63) is 17.0 Å². The highest BCUT2D eigenvalue weighted by Gasteiger charge is 2.12. The Bertz CT molecular complexity index is 412. The van der Waals surface area contributed by atoms with E-state index in [1.54, 1.807) is 17.6 Å². The van der Waals surface area contributed by atoms with Gasteiger partial charge in [0.15, 0.2) is 5.11 Å². The molecule has 17 heavy (non-hydrogen) atoms. The fourth-order valence-corrected chi connectivity index (χ4v) is 2.51. The van der Waals surface area contributed by atoms with Crippen molar-refractivity contribution >= 4 is 39.9 Å². The van der Waals surface area contributed by atoms with Gasteiger partial charge in [0.1, 0.15) is 0 Å². The Morgan fingerprint density at radius 3 is 3.00 bits per heavy atom. The van der Waals surface area contributed by atoms with Gasteiger partial charge in [0.25, 0.3) is 0 Å². The number of ether oxygens (including phenoxy) is 1. The Kier molecular flexibility index (Phi) is 4.29. The summed E-state index contributed by atoms with van der Waals surface area (Å²) in [5.41, 5.74) is 7.80. The lowest BCUT2D eigenvalue weighted by molar-refractivity contribution is 0.123. The first-order valence-corrected chi connectivity index (χ1v) is 6.49. The summed E-state index contributed by atoms with van der Waals surface area (Å²) in [5.74, 6) is 0. The number of nitrogens with one attached hydrogen (secondary N) is 1. The summed E-state index contributed by atoms with van der Waals surface area (Å²) in [6.07, 6.45) is 1.72. The molecule has 2 rings (SSSR count). The number of thiophene rings is 1. The van der Waals surface area contributed by atoms with Crippen molar-refractivity contribution in [1.29, 1.82) is 0 Å². The highest BCUT2D eigenvalue weighted by molar-refractivity contribution is 7.80. The van der Waals surface area contributed by atoms with E-state index in [1.165, 1.54) is 5.00 Å². The van der Waals surface area contributed by atoms with Gasteiger partial charge in [-0.2, -0.15) is 5.10 Å². The van der Waals surface area contributed by atoms with Crippen molar-refractivity contribution < 1.29 is 4.74 Å². The van der Waals surface area contributed by atoms with Crippen LogP contribution in [0.25, 0.3) is 0 Å². The number of nitrogens with two attached hydrogens (primary N) is 1. The standard InChI is InChI=1S/C10H14N4OS2/c11-10(16)13-12-7-8-1-2-9(17-8)14-3-5-15-6-4-14/h1-2,7H,3-6H2,(H3,11,13,16)/b12-7-. The van der Waals surface area contributed by atoms with Crippen LogP contribution < -0.4 is 16.1 Å². The molecule has 2 heterocycles. The maximum Gasteiger partial charge on any atom is 0.184 e. The van der Waals surface area contributed by atoms with Crippen molar-refractivity contribution in [3.63, 3.8) is 0 Å². The molecule has 0 amide bonds. The number of morpholine rings is 1. The second-order valence-electron chi connectivity index (χ2n) is 3.51. The van der Waals surface area contributed by atoms with Crippen LogP contribution >= 0.6 is 23.6 Å². The zero-order chi connectivity index (χ0) is 12.1. The summed E-state index contributed by atoms with van der Waals surface area (Å²) < 4.78 is 5.32. The van der Waals surface area contributed by atoms with Crippen LogP contribution in [0.15, 0.2) is 17.2 Å². The molecule has 1 aliphatic rings. The minimum atomic E-state index is 0.172. The van der Waals surface area contributed by atoms with Crippen LogP contribution in [0.2, 0.25) is 0 Å². The van der Waals surface area contributed by atoms with Gasteiger partial charge in [-0.1, -0.05) is 0 Å². The monoisotopic (exact) mass is 270 g/mol. The lowest BCUT2D eigenvalue weighted by atomic mass is 10.4. The summed E-state index contributed by atoms with van der Waals surface area (Å²) >= 11 is 6.34. The van der Waals surface area contributed by atoms with E-state index in [0.29, 0.717) is 0 Å². The summed E-state index contributed by atoms with van der Waals surface area (Å²) in [6.45, 7) is 3.49. The topological polar surface area (TPSA) is 62.9 Å². The van der Waals surface area contributed by atoms with Gasteiger partial charge in [0, 0.05) is 18.0 Å². The molecule has 0 spiro atoms. The average Bonchev–Trinajstić information content (AvgIpc) is 2.78. The zero-order valence-electron chi connectivity index (χ0n) is 9.26. The molecule has 0 bridgehead atoms. The van der Waals surface area contributed by atoms with Gasteiger partial charge >= 0.3 is 0 Å². The molecular formula is C10H14N4OS2. The molecular weight excluding hydrogens is 256 g/mol. The minimum Gasteiger partial charge on any atom is -0.378 e. The molecule has 0 saturated carbocycles. The van der Waals surface area contributed by atoms with E-state index in [4.69, 9.17) is 10.5 Å². The number of hydrazone groups is 1. The molecule has 5 nitrogen and oxygen atoms in total. The van der Waals surface area contributed by atoms with Gasteiger partial charge in [-0.15, -0.1) is 11.3 Å². The van der Waals surface area contributed by atoms with Gasteiger partial charge < -0.3 is 15.4 Å². The number of hydrogen-bond acceptors (Lipinski definition) is 5. The summed E-state index contributed by atoms with van der Waals surface area (Å²) in [4.78, 5) is 3.38. The van der Waals surface area contributed by atoms with Gasteiger partial charge in [-0.25, -0.2) is 0 Å². The van der Waals surface area contributed by atoms with Crippen LogP contribution in [0.5, 0.6) is 0 Å². The molecule has 3 N–H and O–H groups in total. The molecule has 1 fully saturated rings. The van der Waals surface area contributed by atoms with E-state index in [0.717, 1.165) is 31.2 Å². The largest absolute Gasteiger partial charge is 0.378 e. The fourth-order valence-electron chi connectivity index (χ4n) is 1.52. The molecule has 0 unspecified atom stereocenters. The van der Waals surface area contributed by atoms with Gasteiger partial charge in [-0.05, 0) is 24.4 Å². The van der Waals surface area contributed by atoms with Crippen LogP contribution in [-0.2, 0) is 4.74 Å². The first-order valence-electron chi connectivity index (χ1n) is 5.27. The van der Waals surface area contributed by atoms with Crippen molar-refractivity contribution in [3.8, 4) is 0 Å². The quantitative estimate of drug-likeness (QED) is 0.482. The van der Waals surface area contributed by atoms with Crippen LogP contribution in [0.1, 0.15) is 4.88 Å². The maximum absolute atomic E-state index is 5.32. The van der Waals surface area contributed by atoms with Crippen molar-refractivity contribution in [2.75, 3.05) is 31.2 Å². The third-order valence-electron chi connectivity index (χ3n) is 2.30. The summed E-state index contributed by atoms with van der Waals surface area (Å²) in [5, 5.41) is 5.34. The summed E-state index contributed by atoms with van der Waals surface area (Å²) in [7, 11) is 0. The number of rotatable bonds is 3. The highest BCUT2D eigenvalue weighted by Crippen LogP contribution is 2.25. The van der Waals surface area contributed by atoms with E-state index >= 15 is 0 Å². The second-order valence-corrected chi connectivity index (χ2v) is 5.04. The van der Waals surface area contributed by atoms with Gasteiger partial charge in [0.2, 0.25) is 0 Å². The molecule has 1 aliphatic heterocycles. The number of hydrogen-bond donors (Lipinski definition) is 2. The minimum absolute atomic E-state index is 0.172. The number of nitrogens with zero attached hydrogens (tertiary/aromatic N) is 2. The van der Waals surface area contributed by atoms with E-state index in [2.05, 4.69) is 33.7 Å². The zero-order valence-corrected chi connectivity index (χ0v) is 10.9. The molecule has 0 aromatic carbocycles. The van der Waals surface area contributed by atoms with Crippen LogP contribution in [-0.4, -0.2) is 37.6 Å². The SMILES string of the molecule is NC(=S)N/N=C\c1ccc(N2CCOCC2)s1. The Labute approximate surface area is 109 Å². The van der Waals surface area contributed by atoms with Crippen LogP contribution in [0.3, 0.4) is 0 Å². The Morgan fingerprint density at radius 2 is 2.29 bits per heavy atom. The van der Waals surface area contributed by atoms with Crippen molar-refractivity contribution in [1.82, 2.24) is 5.43 Å². The average molecular weight is 270 g/mol. The van der Waals surface area contributed by atoms with E-state index in [1.807, 2.05) is 6.07 Å².